The smallest absolute Gasteiger partial charge is 0.317 e. The van der Waals surface area contributed by atoms with E-state index < -0.39 is 33.5 Å². The summed E-state index contributed by atoms with van der Waals surface area (Å²) < 4.78 is 48.6. The van der Waals surface area contributed by atoms with Crippen LogP contribution in [-0.4, -0.2) is 51.0 Å². The molecule has 0 radical (unpaired) electrons. The largest absolute Gasteiger partial charge is 0.337 e. The zero-order valence-electron chi connectivity index (χ0n) is 13.6. The Morgan fingerprint density at radius 3 is 2.39 bits per heavy atom. The number of nitrogens with one attached hydrogen (secondary N) is 1. The van der Waals surface area contributed by atoms with Gasteiger partial charge in [-0.15, -0.1) is 0 Å². The number of hydrogen-bond acceptors (Lipinski definition) is 3. The van der Waals surface area contributed by atoms with Crippen molar-refractivity contribution >= 4 is 15.9 Å². The van der Waals surface area contributed by atoms with Gasteiger partial charge in [-0.25, -0.2) is 22.0 Å². The van der Waals surface area contributed by atoms with Crippen molar-refractivity contribution in [1.82, 2.24) is 10.2 Å². The quantitative estimate of drug-likeness (QED) is 0.856. The first-order chi connectivity index (χ1) is 10.5. The molecule has 1 aromatic carbocycles. The highest BCUT2D eigenvalue weighted by Crippen LogP contribution is 2.17. The average molecular weight is 348 g/mol. The first-order valence-corrected chi connectivity index (χ1v) is 9.20. The van der Waals surface area contributed by atoms with E-state index in [2.05, 4.69) is 5.32 Å². The van der Waals surface area contributed by atoms with Gasteiger partial charge in [-0.05, 0) is 30.5 Å². The van der Waals surface area contributed by atoms with Crippen molar-refractivity contribution in [3.8, 4) is 0 Å². The number of hydrogen-bond donors (Lipinski definition) is 1. The van der Waals surface area contributed by atoms with Gasteiger partial charge in [0, 0.05) is 25.9 Å². The number of carbonyl (C=O) groups excluding carboxylic acids is 1. The lowest BCUT2D eigenvalue weighted by atomic mass is 10.0. The number of carbonyl (C=O) groups is 1. The Hall–Kier alpha value is -1.70. The SMILES string of the molecule is C[C@H](CNC(=O)N(C)[C@@H](C)CS(C)(=O)=O)c1ccc(F)c(F)c1. The Labute approximate surface area is 135 Å². The fraction of sp³-hybridized carbons (Fsp3) is 0.533. The predicted molar refractivity (Wildman–Crippen MR) is 85.1 cm³/mol. The molecular weight excluding hydrogens is 326 g/mol. The van der Waals surface area contributed by atoms with Gasteiger partial charge >= 0.3 is 6.03 Å². The van der Waals surface area contributed by atoms with E-state index in [9.17, 15) is 22.0 Å². The number of nitrogens with zero attached hydrogens (tertiary/aromatic N) is 1. The highest BCUT2D eigenvalue weighted by atomic mass is 32.2. The van der Waals surface area contributed by atoms with E-state index in [0.29, 0.717) is 5.56 Å². The molecule has 5 nitrogen and oxygen atoms in total. The van der Waals surface area contributed by atoms with Gasteiger partial charge in [-0.3, -0.25) is 0 Å². The summed E-state index contributed by atoms with van der Waals surface area (Å²) in [4.78, 5) is 13.3. The first-order valence-electron chi connectivity index (χ1n) is 7.14. The van der Waals surface area contributed by atoms with Gasteiger partial charge in [-0.1, -0.05) is 13.0 Å². The van der Waals surface area contributed by atoms with Crippen molar-refractivity contribution in [3.63, 3.8) is 0 Å². The molecule has 2 amide bonds. The van der Waals surface area contributed by atoms with Crippen LogP contribution < -0.4 is 5.32 Å². The van der Waals surface area contributed by atoms with Crippen LogP contribution >= 0.6 is 0 Å². The van der Waals surface area contributed by atoms with Gasteiger partial charge in [-0.2, -0.15) is 0 Å². The van der Waals surface area contributed by atoms with Gasteiger partial charge in [0.25, 0.3) is 0 Å². The third kappa shape index (κ3) is 6.13. The fourth-order valence-electron chi connectivity index (χ4n) is 2.05. The summed E-state index contributed by atoms with van der Waals surface area (Å²) in [5.74, 6) is -2.19. The van der Waals surface area contributed by atoms with Crippen LogP contribution in [0.15, 0.2) is 18.2 Å². The van der Waals surface area contributed by atoms with E-state index in [1.54, 1.807) is 13.8 Å². The molecule has 0 aliphatic carbocycles. The first kappa shape index (κ1) is 19.3. The lowest BCUT2D eigenvalue weighted by Crippen LogP contribution is -2.45. The minimum atomic E-state index is -3.18. The third-order valence-electron chi connectivity index (χ3n) is 3.60. The molecule has 0 fully saturated rings. The van der Waals surface area contributed by atoms with Crippen molar-refractivity contribution in [2.24, 2.45) is 0 Å². The molecule has 2 atom stereocenters. The molecule has 130 valence electrons. The standard InChI is InChI=1S/C15H22F2N2O3S/c1-10(12-5-6-13(16)14(17)7-12)8-18-15(20)19(3)11(2)9-23(4,21)22/h5-7,10-11H,8-9H2,1-4H3,(H,18,20)/t10-,11+/m1/s1. The molecule has 1 aromatic rings. The summed E-state index contributed by atoms with van der Waals surface area (Å²) in [6.07, 6.45) is 1.11. The second kappa shape index (κ2) is 7.72. The van der Waals surface area contributed by atoms with Crippen molar-refractivity contribution in [2.45, 2.75) is 25.8 Å². The van der Waals surface area contributed by atoms with E-state index in [-0.39, 0.29) is 18.2 Å². The maximum Gasteiger partial charge on any atom is 0.317 e. The number of rotatable bonds is 6. The molecule has 0 heterocycles. The van der Waals surface area contributed by atoms with Crippen LogP contribution in [0, 0.1) is 11.6 Å². The molecule has 8 heteroatoms. The summed E-state index contributed by atoms with van der Waals surface area (Å²) in [5.41, 5.74) is 0.566. The Balaban J connectivity index is 2.59. The highest BCUT2D eigenvalue weighted by molar-refractivity contribution is 7.90. The highest BCUT2D eigenvalue weighted by Gasteiger charge is 2.20. The van der Waals surface area contributed by atoms with Crippen LogP contribution in [0.25, 0.3) is 0 Å². The van der Waals surface area contributed by atoms with Gasteiger partial charge in [0.15, 0.2) is 11.6 Å². The minimum Gasteiger partial charge on any atom is -0.337 e. The molecule has 0 saturated carbocycles. The number of amides is 2. The van der Waals surface area contributed by atoms with Crippen molar-refractivity contribution in [3.05, 3.63) is 35.4 Å². The third-order valence-corrected chi connectivity index (χ3v) is 4.69. The Bertz CT molecular complexity index is 665. The normalized spacial score (nSPS) is 14.2. The lowest BCUT2D eigenvalue weighted by molar-refractivity contribution is 0.197. The Morgan fingerprint density at radius 2 is 1.87 bits per heavy atom. The van der Waals surface area contributed by atoms with Crippen molar-refractivity contribution in [2.75, 3.05) is 25.6 Å². The van der Waals surface area contributed by atoms with Crippen LogP contribution in [0.1, 0.15) is 25.3 Å². The molecule has 0 spiro atoms. The van der Waals surface area contributed by atoms with Crippen LogP contribution in [0.5, 0.6) is 0 Å². The van der Waals surface area contributed by atoms with E-state index >= 15 is 0 Å². The molecule has 1 rings (SSSR count). The average Bonchev–Trinajstić information content (AvgIpc) is 2.44. The number of sulfone groups is 1. The molecule has 23 heavy (non-hydrogen) atoms. The molecule has 0 unspecified atom stereocenters. The van der Waals surface area contributed by atoms with Gasteiger partial charge in [0.1, 0.15) is 9.84 Å². The Kier molecular flexibility index (Phi) is 6.49. The summed E-state index contributed by atoms with van der Waals surface area (Å²) in [6, 6.07) is 2.72. The minimum absolute atomic E-state index is 0.129. The van der Waals surface area contributed by atoms with Crippen LogP contribution in [0.3, 0.4) is 0 Å². The monoisotopic (exact) mass is 348 g/mol. The number of halogens is 2. The Morgan fingerprint density at radius 1 is 1.26 bits per heavy atom. The molecule has 0 aliphatic rings. The van der Waals surface area contributed by atoms with Gasteiger partial charge < -0.3 is 10.2 Å². The molecule has 1 N–H and O–H groups in total. The zero-order valence-corrected chi connectivity index (χ0v) is 14.5. The molecule has 0 aromatic heterocycles. The molecule has 0 aliphatic heterocycles. The second-order valence-corrected chi connectivity index (χ2v) is 8.00. The van der Waals surface area contributed by atoms with Gasteiger partial charge in [0.2, 0.25) is 0 Å². The van der Waals surface area contributed by atoms with Crippen LogP contribution in [0.4, 0.5) is 13.6 Å². The van der Waals surface area contributed by atoms with E-state index in [1.165, 1.54) is 18.0 Å². The van der Waals surface area contributed by atoms with Crippen molar-refractivity contribution in [1.29, 1.82) is 0 Å². The second-order valence-electron chi connectivity index (χ2n) is 5.81. The van der Waals surface area contributed by atoms with Crippen LogP contribution in [-0.2, 0) is 9.84 Å². The lowest BCUT2D eigenvalue weighted by Gasteiger charge is -2.25. The maximum absolute atomic E-state index is 13.2. The number of benzene rings is 1. The van der Waals surface area contributed by atoms with E-state index in [1.807, 2.05) is 0 Å². The summed E-state index contributed by atoms with van der Waals surface area (Å²) in [5, 5.41) is 2.66. The van der Waals surface area contributed by atoms with Crippen LogP contribution in [0.2, 0.25) is 0 Å². The zero-order chi connectivity index (χ0) is 17.8. The number of urea groups is 1. The van der Waals surface area contributed by atoms with E-state index in [4.69, 9.17) is 0 Å². The topological polar surface area (TPSA) is 66.5 Å². The van der Waals surface area contributed by atoms with Crippen molar-refractivity contribution < 1.29 is 22.0 Å². The maximum atomic E-state index is 13.2. The predicted octanol–water partition coefficient (Wildman–Crippen LogP) is 2.14. The molecule has 0 saturated heterocycles. The fourth-order valence-corrected chi connectivity index (χ4v) is 3.15. The molecule has 0 bridgehead atoms. The summed E-state index contributed by atoms with van der Waals surface area (Å²) in [6.45, 7) is 3.63. The van der Waals surface area contributed by atoms with E-state index in [0.717, 1.165) is 18.4 Å². The summed E-state index contributed by atoms with van der Waals surface area (Å²) >= 11 is 0. The molecular formula is C15H22F2N2O3S. The van der Waals surface area contributed by atoms with Gasteiger partial charge in [0.05, 0.1) is 5.75 Å². The summed E-state index contributed by atoms with van der Waals surface area (Å²) in [7, 11) is -1.68.